The van der Waals surface area contributed by atoms with Crippen molar-refractivity contribution in [2.75, 3.05) is 38.2 Å². The van der Waals surface area contributed by atoms with Gasteiger partial charge >= 0.3 is 0 Å². The Bertz CT molecular complexity index is 541. The second kappa shape index (κ2) is 12.0. The molecule has 1 amide bonds. The molecule has 0 bridgehead atoms. The summed E-state index contributed by atoms with van der Waals surface area (Å²) in [5.74, 6) is 1.09. The lowest BCUT2D eigenvalue weighted by molar-refractivity contribution is -0.141. The summed E-state index contributed by atoms with van der Waals surface area (Å²) >= 11 is 0. The number of carbonyl (C=O) groups is 1. The van der Waals surface area contributed by atoms with Crippen molar-refractivity contribution in [2.45, 2.75) is 60.0 Å². The Morgan fingerprint density at radius 3 is 2.26 bits per heavy atom. The monoisotopic (exact) mass is 378 g/mol. The minimum Gasteiger partial charge on any atom is -0.492 e. The zero-order valence-corrected chi connectivity index (χ0v) is 18.0. The highest BCUT2D eigenvalue weighted by Crippen LogP contribution is 2.24. The van der Waals surface area contributed by atoms with E-state index in [0.717, 1.165) is 37.5 Å². The Morgan fingerprint density at radius 1 is 1.11 bits per heavy atom. The first-order valence-electron chi connectivity index (χ1n) is 10.2. The molecule has 1 aromatic carbocycles. The molecule has 0 radical (unpaired) electrons. The quantitative estimate of drug-likeness (QED) is 0.546. The number of amides is 1. The highest BCUT2D eigenvalue weighted by atomic mass is 16.5. The molecule has 0 aliphatic rings. The summed E-state index contributed by atoms with van der Waals surface area (Å²) in [7, 11) is 0. The van der Waals surface area contributed by atoms with E-state index in [1.807, 2.05) is 38.1 Å². The lowest BCUT2D eigenvalue weighted by atomic mass is 9.93. The molecule has 154 valence electrons. The first kappa shape index (κ1) is 23.4. The molecule has 0 fully saturated rings. The minimum atomic E-state index is -0.816. The van der Waals surface area contributed by atoms with E-state index in [0.29, 0.717) is 25.6 Å². The van der Waals surface area contributed by atoms with Crippen LogP contribution in [0.15, 0.2) is 24.3 Å². The summed E-state index contributed by atoms with van der Waals surface area (Å²) in [6, 6.07) is 7.54. The first-order valence-corrected chi connectivity index (χ1v) is 10.2. The van der Waals surface area contributed by atoms with Crippen molar-refractivity contribution < 1.29 is 14.3 Å². The van der Waals surface area contributed by atoms with E-state index in [2.05, 4.69) is 37.9 Å². The number of carbonyl (C=O) groups excluding carboxylic acids is 1. The van der Waals surface area contributed by atoms with Crippen molar-refractivity contribution >= 4 is 11.6 Å². The summed E-state index contributed by atoms with van der Waals surface area (Å²) in [5.41, 5.74) is -0.0606. The van der Waals surface area contributed by atoms with Crippen LogP contribution in [0.2, 0.25) is 0 Å². The van der Waals surface area contributed by atoms with Crippen LogP contribution in [-0.4, -0.2) is 49.3 Å². The van der Waals surface area contributed by atoms with Crippen LogP contribution in [0.4, 0.5) is 5.69 Å². The van der Waals surface area contributed by atoms with Gasteiger partial charge in [0.1, 0.15) is 18.0 Å². The van der Waals surface area contributed by atoms with Gasteiger partial charge in [0.05, 0.1) is 0 Å². The molecular formula is C22H38N2O3. The third-order valence-corrected chi connectivity index (χ3v) is 4.59. The van der Waals surface area contributed by atoms with E-state index in [1.54, 1.807) is 0 Å². The van der Waals surface area contributed by atoms with Gasteiger partial charge in [0.15, 0.2) is 0 Å². The second-order valence-corrected chi connectivity index (χ2v) is 7.53. The summed E-state index contributed by atoms with van der Waals surface area (Å²) in [4.78, 5) is 15.1. The normalized spacial score (nSPS) is 13.6. The van der Waals surface area contributed by atoms with Crippen molar-refractivity contribution in [1.82, 2.24) is 4.90 Å². The third-order valence-electron chi connectivity index (χ3n) is 4.59. The van der Waals surface area contributed by atoms with Crippen LogP contribution >= 0.6 is 0 Å². The topological polar surface area (TPSA) is 50.8 Å². The number of hydrogen-bond acceptors (Lipinski definition) is 4. The fraction of sp³-hybridized carbons (Fsp3) is 0.682. The summed E-state index contributed by atoms with van der Waals surface area (Å²) in [5, 5.41) is 2.99. The molecule has 0 heterocycles. The predicted octanol–water partition coefficient (Wildman–Crippen LogP) is 4.58. The van der Waals surface area contributed by atoms with Crippen molar-refractivity contribution in [2.24, 2.45) is 5.92 Å². The zero-order chi connectivity index (χ0) is 20.3. The number of ether oxygens (including phenoxy) is 2. The van der Waals surface area contributed by atoms with Gasteiger partial charge < -0.3 is 19.7 Å². The average molecular weight is 379 g/mol. The molecule has 1 N–H and O–H groups in total. The molecule has 0 saturated carbocycles. The van der Waals surface area contributed by atoms with E-state index < -0.39 is 5.60 Å². The molecule has 1 unspecified atom stereocenters. The van der Waals surface area contributed by atoms with Crippen LogP contribution in [0.3, 0.4) is 0 Å². The van der Waals surface area contributed by atoms with Crippen LogP contribution in [0.5, 0.6) is 5.75 Å². The molecular weight excluding hydrogens is 340 g/mol. The van der Waals surface area contributed by atoms with E-state index >= 15 is 0 Å². The molecule has 0 aliphatic heterocycles. The molecule has 27 heavy (non-hydrogen) atoms. The number of likely N-dealkylation sites (N-methyl/N-ethyl adjacent to an activating group) is 1. The van der Waals surface area contributed by atoms with Gasteiger partial charge in [0, 0.05) is 18.8 Å². The Balaban J connectivity index is 2.62. The average Bonchev–Trinajstić information content (AvgIpc) is 2.64. The first-order chi connectivity index (χ1) is 12.8. The Hall–Kier alpha value is -1.59. The highest BCUT2D eigenvalue weighted by Gasteiger charge is 2.34. The van der Waals surface area contributed by atoms with E-state index in [4.69, 9.17) is 9.47 Å². The van der Waals surface area contributed by atoms with E-state index in [-0.39, 0.29) is 5.91 Å². The molecule has 0 saturated heterocycles. The van der Waals surface area contributed by atoms with Gasteiger partial charge in [-0.2, -0.15) is 0 Å². The van der Waals surface area contributed by atoms with Crippen LogP contribution in [0, 0.1) is 5.92 Å². The van der Waals surface area contributed by atoms with Crippen LogP contribution in [0.1, 0.15) is 54.4 Å². The van der Waals surface area contributed by atoms with Gasteiger partial charge in [-0.15, -0.1) is 0 Å². The SMILES string of the molecule is CCCOC(C)(CC(C)C)C(=O)Nc1ccc(OCCN(CC)CC)cc1. The number of nitrogens with zero attached hydrogens (tertiary/aromatic N) is 1. The van der Waals surface area contributed by atoms with Gasteiger partial charge in [-0.3, -0.25) is 4.79 Å². The Labute approximate surface area is 165 Å². The smallest absolute Gasteiger partial charge is 0.256 e. The lowest BCUT2D eigenvalue weighted by Gasteiger charge is -2.30. The molecule has 0 aliphatic carbocycles. The molecule has 5 heteroatoms. The van der Waals surface area contributed by atoms with Crippen LogP contribution in [0.25, 0.3) is 0 Å². The number of nitrogens with one attached hydrogen (secondary N) is 1. The maximum Gasteiger partial charge on any atom is 0.256 e. The number of anilines is 1. The molecule has 0 spiro atoms. The van der Waals surface area contributed by atoms with Gasteiger partial charge in [-0.25, -0.2) is 0 Å². The van der Waals surface area contributed by atoms with Gasteiger partial charge in [0.2, 0.25) is 0 Å². The maximum atomic E-state index is 12.8. The fourth-order valence-corrected chi connectivity index (χ4v) is 3.05. The molecule has 1 aromatic rings. The second-order valence-electron chi connectivity index (χ2n) is 7.53. The summed E-state index contributed by atoms with van der Waals surface area (Å²) in [6.45, 7) is 16.6. The number of rotatable bonds is 13. The number of benzene rings is 1. The fourth-order valence-electron chi connectivity index (χ4n) is 3.05. The summed E-state index contributed by atoms with van der Waals surface area (Å²) in [6.07, 6.45) is 1.58. The predicted molar refractivity (Wildman–Crippen MR) is 112 cm³/mol. The van der Waals surface area contributed by atoms with E-state index in [1.165, 1.54) is 0 Å². The van der Waals surface area contributed by atoms with Crippen molar-refractivity contribution in [3.63, 3.8) is 0 Å². The third kappa shape index (κ3) is 8.31. The molecule has 0 aromatic heterocycles. The number of hydrogen-bond donors (Lipinski definition) is 1. The van der Waals surface area contributed by atoms with Gasteiger partial charge in [-0.05, 0) is 63.0 Å². The molecule has 5 nitrogen and oxygen atoms in total. The molecule has 1 rings (SSSR count). The maximum absolute atomic E-state index is 12.8. The van der Waals surface area contributed by atoms with Crippen molar-refractivity contribution in [3.05, 3.63) is 24.3 Å². The van der Waals surface area contributed by atoms with Gasteiger partial charge in [-0.1, -0.05) is 34.6 Å². The van der Waals surface area contributed by atoms with Crippen LogP contribution in [-0.2, 0) is 9.53 Å². The Kier molecular flexibility index (Phi) is 10.4. The standard InChI is InChI=1S/C22H38N2O3/c1-7-15-27-22(6,17-18(4)5)21(25)23-19-10-12-20(13-11-19)26-16-14-24(8-2)9-3/h10-13,18H,7-9,14-17H2,1-6H3,(H,23,25). The molecule has 1 atom stereocenters. The minimum absolute atomic E-state index is 0.0974. The summed E-state index contributed by atoms with van der Waals surface area (Å²) < 4.78 is 11.7. The van der Waals surface area contributed by atoms with Gasteiger partial charge in [0.25, 0.3) is 5.91 Å². The zero-order valence-electron chi connectivity index (χ0n) is 18.0. The van der Waals surface area contributed by atoms with E-state index in [9.17, 15) is 4.79 Å². The van der Waals surface area contributed by atoms with Crippen LogP contribution < -0.4 is 10.1 Å². The lowest BCUT2D eigenvalue weighted by Crippen LogP contribution is -2.44. The van der Waals surface area contributed by atoms with Crippen molar-refractivity contribution in [3.8, 4) is 5.75 Å². The van der Waals surface area contributed by atoms with Crippen molar-refractivity contribution in [1.29, 1.82) is 0 Å². The highest BCUT2D eigenvalue weighted by molar-refractivity contribution is 5.97. The largest absolute Gasteiger partial charge is 0.492 e. The Morgan fingerprint density at radius 2 is 1.74 bits per heavy atom.